The van der Waals surface area contributed by atoms with Crippen molar-refractivity contribution in [2.24, 2.45) is 7.05 Å². The highest BCUT2D eigenvalue weighted by atomic mass is 16.4. The van der Waals surface area contributed by atoms with Gasteiger partial charge < -0.3 is 9.52 Å². The molecule has 0 fully saturated rings. The van der Waals surface area contributed by atoms with E-state index in [1.807, 2.05) is 36.9 Å². The Labute approximate surface area is 94.5 Å². The fraction of sp³-hybridized carbons (Fsp3) is 0.417. The fourth-order valence-electron chi connectivity index (χ4n) is 1.71. The number of furan rings is 1. The number of aliphatic hydroxyl groups excluding tert-OH is 1. The van der Waals surface area contributed by atoms with Gasteiger partial charge in [-0.2, -0.15) is 5.10 Å². The van der Waals surface area contributed by atoms with E-state index >= 15 is 0 Å². The van der Waals surface area contributed by atoms with E-state index in [1.54, 1.807) is 6.20 Å². The molecule has 4 heteroatoms. The molecule has 2 aromatic heterocycles. The summed E-state index contributed by atoms with van der Waals surface area (Å²) in [6, 6.07) is 5.64. The molecule has 16 heavy (non-hydrogen) atoms. The first-order valence-corrected chi connectivity index (χ1v) is 5.38. The van der Waals surface area contributed by atoms with E-state index in [2.05, 4.69) is 5.10 Å². The second-order valence-corrected chi connectivity index (χ2v) is 3.95. The van der Waals surface area contributed by atoms with Gasteiger partial charge in [-0.1, -0.05) is 0 Å². The zero-order chi connectivity index (χ0) is 11.5. The van der Waals surface area contributed by atoms with E-state index in [4.69, 9.17) is 4.42 Å². The minimum atomic E-state index is -0.538. The molecule has 0 spiro atoms. The maximum atomic E-state index is 9.90. The van der Waals surface area contributed by atoms with Gasteiger partial charge in [0.25, 0.3) is 0 Å². The predicted molar refractivity (Wildman–Crippen MR) is 59.9 cm³/mol. The van der Waals surface area contributed by atoms with Crippen molar-refractivity contribution in [3.8, 4) is 0 Å². The van der Waals surface area contributed by atoms with Gasteiger partial charge in [-0.3, -0.25) is 4.68 Å². The summed E-state index contributed by atoms with van der Waals surface area (Å²) < 4.78 is 7.19. The Morgan fingerprint density at radius 3 is 2.81 bits per heavy atom. The summed E-state index contributed by atoms with van der Waals surface area (Å²) in [5.41, 5.74) is 1.11. The van der Waals surface area contributed by atoms with E-state index in [0.29, 0.717) is 12.2 Å². The van der Waals surface area contributed by atoms with E-state index < -0.39 is 6.10 Å². The van der Waals surface area contributed by atoms with Crippen LogP contribution in [0.1, 0.15) is 29.7 Å². The summed E-state index contributed by atoms with van der Waals surface area (Å²) in [4.78, 5) is 0. The van der Waals surface area contributed by atoms with Gasteiger partial charge in [-0.15, -0.1) is 0 Å². The third-order valence-corrected chi connectivity index (χ3v) is 2.69. The fourth-order valence-corrected chi connectivity index (χ4v) is 1.71. The van der Waals surface area contributed by atoms with Crippen molar-refractivity contribution >= 4 is 0 Å². The van der Waals surface area contributed by atoms with Crippen molar-refractivity contribution in [1.29, 1.82) is 0 Å². The lowest BCUT2D eigenvalue weighted by molar-refractivity contribution is 0.138. The van der Waals surface area contributed by atoms with Crippen LogP contribution in [0.3, 0.4) is 0 Å². The molecule has 0 aliphatic heterocycles. The molecule has 0 aliphatic carbocycles. The summed E-state index contributed by atoms with van der Waals surface area (Å²) in [6.45, 7) is 1.87. The van der Waals surface area contributed by atoms with Crippen LogP contribution in [0, 0.1) is 6.92 Å². The van der Waals surface area contributed by atoms with Gasteiger partial charge in [0.05, 0.1) is 0 Å². The van der Waals surface area contributed by atoms with Crippen molar-refractivity contribution in [3.63, 3.8) is 0 Å². The van der Waals surface area contributed by atoms with Crippen LogP contribution in [0.5, 0.6) is 0 Å². The highest BCUT2D eigenvalue weighted by Gasteiger charge is 2.12. The molecule has 1 atom stereocenters. The van der Waals surface area contributed by atoms with Crippen LogP contribution in [0.4, 0.5) is 0 Å². The van der Waals surface area contributed by atoms with Crippen LogP contribution in [0.15, 0.2) is 28.8 Å². The molecule has 1 unspecified atom stereocenters. The average molecular weight is 220 g/mol. The first-order valence-electron chi connectivity index (χ1n) is 5.38. The Morgan fingerprint density at radius 2 is 2.25 bits per heavy atom. The highest BCUT2D eigenvalue weighted by molar-refractivity contribution is 5.09. The summed E-state index contributed by atoms with van der Waals surface area (Å²) in [5.74, 6) is 1.47. The minimum Gasteiger partial charge on any atom is -0.464 e. The topological polar surface area (TPSA) is 51.2 Å². The van der Waals surface area contributed by atoms with Crippen molar-refractivity contribution in [3.05, 3.63) is 41.6 Å². The number of nitrogens with zero attached hydrogens (tertiary/aromatic N) is 2. The lowest BCUT2D eigenvalue weighted by atomic mass is 10.1. The van der Waals surface area contributed by atoms with Gasteiger partial charge in [-0.05, 0) is 38.0 Å². The number of rotatable bonds is 4. The van der Waals surface area contributed by atoms with Gasteiger partial charge in [0.15, 0.2) is 0 Å². The Kier molecular flexibility index (Phi) is 3.10. The second-order valence-electron chi connectivity index (χ2n) is 3.95. The Morgan fingerprint density at radius 1 is 1.44 bits per heavy atom. The molecular formula is C12H16N2O2. The smallest absolute Gasteiger partial charge is 0.132 e. The molecule has 2 aromatic rings. The minimum absolute atomic E-state index is 0.538. The lowest BCUT2D eigenvalue weighted by Crippen LogP contribution is -2.02. The summed E-state index contributed by atoms with van der Waals surface area (Å²) in [7, 11) is 1.90. The van der Waals surface area contributed by atoms with Gasteiger partial charge in [-0.25, -0.2) is 0 Å². The quantitative estimate of drug-likeness (QED) is 0.857. The molecule has 2 rings (SSSR count). The number of aliphatic hydroxyl groups is 1. The van der Waals surface area contributed by atoms with Crippen molar-refractivity contribution in [1.82, 2.24) is 9.78 Å². The summed E-state index contributed by atoms with van der Waals surface area (Å²) in [5, 5.41) is 14.0. The zero-order valence-electron chi connectivity index (χ0n) is 9.55. The van der Waals surface area contributed by atoms with Gasteiger partial charge >= 0.3 is 0 Å². The summed E-state index contributed by atoms with van der Waals surface area (Å²) in [6.07, 6.45) is 2.66. The molecule has 86 valence electrons. The number of aryl methyl sites for hydroxylation is 3. The maximum absolute atomic E-state index is 9.90. The first kappa shape index (κ1) is 11.0. The Bertz CT molecular complexity index is 459. The number of hydrogen-bond donors (Lipinski definition) is 1. The second kappa shape index (κ2) is 4.53. The van der Waals surface area contributed by atoms with Crippen LogP contribution < -0.4 is 0 Å². The molecule has 0 amide bonds. The average Bonchev–Trinajstić information content (AvgIpc) is 2.84. The monoisotopic (exact) mass is 220 g/mol. The van der Waals surface area contributed by atoms with Crippen LogP contribution in [0.2, 0.25) is 0 Å². The van der Waals surface area contributed by atoms with E-state index in [1.165, 1.54) is 0 Å². The lowest BCUT2D eigenvalue weighted by Gasteiger charge is -2.07. The highest BCUT2D eigenvalue weighted by Crippen LogP contribution is 2.20. The van der Waals surface area contributed by atoms with Crippen LogP contribution in [-0.2, 0) is 13.5 Å². The van der Waals surface area contributed by atoms with Crippen molar-refractivity contribution < 1.29 is 9.52 Å². The largest absolute Gasteiger partial charge is 0.464 e. The molecule has 0 aliphatic rings. The molecule has 0 bridgehead atoms. The molecule has 0 saturated heterocycles. The van der Waals surface area contributed by atoms with E-state index in [0.717, 1.165) is 17.9 Å². The maximum Gasteiger partial charge on any atom is 0.132 e. The van der Waals surface area contributed by atoms with Gasteiger partial charge in [0, 0.05) is 18.9 Å². The van der Waals surface area contributed by atoms with Gasteiger partial charge in [0.1, 0.15) is 17.6 Å². The summed E-state index contributed by atoms with van der Waals surface area (Å²) >= 11 is 0. The molecule has 0 saturated carbocycles. The molecule has 4 nitrogen and oxygen atoms in total. The number of aromatic nitrogens is 2. The third-order valence-electron chi connectivity index (χ3n) is 2.69. The van der Waals surface area contributed by atoms with Crippen molar-refractivity contribution in [2.45, 2.75) is 25.9 Å². The zero-order valence-corrected chi connectivity index (χ0v) is 9.55. The standard InChI is InChI=1S/C12H16N2O2/c1-9-3-6-12(16-9)11(15)5-4-10-7-8-13-14(10)2/h3,6-8,11,15H,4-5H2,1-2H3. The van der Waals surface area contributed by atoms with Crippen LogP contribution >= 0.6 is 0 Å². The third kappa shape index (κ3) is 2.33. The molecule has 1 N–H and O–H groups in total. The first-order chi connectivity index (χ1) is 7.66. The molecule has 2 heterocycles. The van der Waals surface area contributed by atoms with Gasteiger partial charge in [0.2, 0.25) is 0 Å². The number of hydrogen-bond acceptors (Lipinski definition) is 3. The van der Waals surface area contributed by atoms with Crippen LogP contribution in [0.25, 0.3) is 0 Å². The van der Waals surface area contributed by atoms with Crippen molar-refractivity contribution in [2.75, 3.05) is 0 Å². The molecule has 0 radical (unpaired) electrons. The van der Waals surface area contributed by atoms with E-state index in [-0.39, 0.29) is 0 Å². The van der Waals surface area contributed by atoms with Crippen LogP contribution in [-0.4, -0.2) is 14.9 Å². The van der Waals surface area contributed by atoms with E-state index in [9.17, 15) is 5.11 Å². The SMILES string of the molecule is Cc1ccc(C(O)CCc2ccnn2C)o1. The molecule has 0 aromatic carbocycles. The normalized spacial score (nSPS) is 12.9. The Hall–Kier alpha value is -1.55. The predicted octanol–water partition coefficient (Wildman–Crippen LogP) is 1.99. The molecular weight excluding hydrogens is 204 g/mol. The Balaban J connectivity index is 1.93.